The molecule has 7 heteroatoms. The van der Waals surface area contributed by atoms with Gasteiger partial charge < -0.3 is 9.72 Å². The zero-order valence-corrected chi connectivity index (χ0v) is 17.5. The highest BCUT2D eigenvalue weighted by Gasteiger charge is 2.11. The van der Waals surface area contributed by atoms with Crippen molar-refractivity contribution in [3.63, 3.8) is 0 Å². The number of hydrogen-bond acceptors (Lipinski definition) is 3. The largest absolute Gasteiger partial charge is 0.457 e. The van der Waals surface area contributed by atoms with Crippen molar-refractivity contribution in [1.82, 2.24) is 10.4 Å². The Balaban J connectivity index is 1.50. The molecule has 0 bridgehead atoms. The van der Waals surface area contributed by atoms with Crippen LogP contribution in [0, 0.1) is 0 Å². The minimum Gasteiger partial charge on any atom is -0.457 e. The summed E-state index contributed by atoms with van der Waals surface area (Å²) in [6, 6.07) is 22.0. The van der Waals surface area contributed by atoms with Gasteiger partial charge in [0.1, 0.15) is 17.2 Å². The van der Waals surface area contributed by atoms with E-state index < -0.39 is 0 Å². The predicted molar refractivity (Wildman–Crippen MR) is 121 cm³/mol. The first-order valence-corrected chi connectivity index (χ1v) is 9.91. The SMILES string of the molecule is C/C(=N/NC(=O)c1cc2cc(Oc3ccccc3)ccc2[nH]1)c1ccc(Cl)cc1Cl. The normalized spacial score (nSPS) is 11.5. The molecule has 0 aliphatic carbocycles. The fraction of sp³-hybridized carbons (Fsp3) is 0.0435. The molecule has 0 saturated carbocycles. The number of rotatable bonds is 5. The lowest BCUT2D eigenvalue weighted by molar-refractivity contribution is 0.0950. The van der Waals surface area contributed by atoms with Crippen molar-refractivity contribution in [2.75, 3.05) is 0 Å². The maximum atomic E-state index is 12.5. The van der Waals surface area contributed by atoms with Gasteiger partial charge in [-0.3, -0.25) is 4.79 Å². The van der Waals surface area contributed by atoms with Crippen LogP contribution in [0.25, 0.3) is 10.9 Å². The summed E-state index contributed by atoms with van der Waals surface area (Å²) in [5.74, 6) is 1.07. The first kappa shape index (κ1) is 20.0. The summed E-state index contributed by atoms with van der Waals surface area (Å²) in [6.07, 6.45) is 0. The Bertz CT molecular complexity index is 1250. The third-order valence-corrected chi connectivity index (χ3v) is 5.01. The second-order valence-corrected chi connectivity index (χ2v) is 7.45. The highest BCUT2D eigenvalue weighted by molar-refractivity contribution is 6.37. The fourth-order valence-electron chi connectivity index (χ4n) is 2.96. The molecule has 0 atom stereocenters. The lowest BCUT2D eigenvalue weighted by atomic mass is 10.1. The van der Waals surface area contributed by atoms with E-state index >= 15 is 0 Å². The second-order valence-electron chi connectivity index (χ2n) is 6.61. The molecule has 4 aromatic rings. The molecule has 150 valence electrons. The molecule has 0 spiro atoms. The molecule has 0 aliphatic heterocycles. The third-order valence-electron chi connectivity index (χ3n) is 4.46. The highest BCUT2D eigenvalue weighted by atomic mass is 35.5. The van der Waals surface area contributed by atoms with Crippen LogP contribution in [0.3, 0.4) is 0 Å². The van der Waals surface area contributed by atoms with Crippen molar-refractivity contribution in [2.45, 2.75) is 6.92 Å². The average molecular weight is 438 g/mol. The van der Waals surface area contributed by atoms with Crippen molar-refractivity contribution in [2.24, 2.45) is 5.10 Å². The van der Waals surface area contributed by atoms with E-state index in [4.69, 9.17) is 27.9 Å². The number of hydrazone groups is 1. The van der Waals surface area contributed by atoms with E-state index in [9.17, 15) is 4.79 Å². The molecule has 0 unspecified atom stereocenters. The van der Waals surface area contributed by atoms with Crippen molar-refractivity contribution in [3.8, 4) is 11.5 Å². The number of carbonyl (C=O) groups is 1. The number of para-hydroxylation sites is 1. The molecule has 1 heterocycles. The first-order chi connectivity index (χ1) is 14.5. The first-order valence-electron chi connectivity index (χ1n) is 9.15. The minimum atomic E-state index is -0.360. The zero-order chi connectivity index (χ0) is 21.1. The number of amides is 1. The van der Waals surface area contributed by atoms with E-state index in [1.54, 1.807) is 31.2 Å². The van der Waals surface area contributed by atoms with Crippen molar-refractivity contribution in [1.29, 1.82) is 0 Å². The molecule has 3 aromatic carbocycles. The van der Waals surface area contributed by atoms with Crippen LogP contribution in [0.2, 0.25) is 10.0 Å². The number of aromatic nitrogens is 1. The Labute approximate surface area is 183 Å². The van der Waals surface area contributed by atoms with Crippen molar-refractivity contribution in [3.05, 3.63) is 94.1 Å². The number of nitrogens with one attached hydrogen (secondary N) is 2. The molecule has 30 heavy (non-hydrogen) atoms. The van der Waals surface area contributed by atoms with Gasteiger partial charge in [-0.1, -0.05) is 47.5 Å². The molecule has 0 fully saturated rings. The average Bonchev–Trinajstić information content (AvgIpc) is 3.16. The van der Waals surface area contributed by atoms with Gasteiger partial charge in [-0.2, -0.15) is 5.10 Å². The molecule has 2 N–H and O–H groups in total. The lowest BCUT2D eigenvalue weighted by Crippen LogP contribution is -2.19. The maximum absolute atomic E-state index is 12.5. The number of aromatic amines is 1. The Morgan fingerprint density at radius 3 is 2.53 bits per heavy atom. The van der Waals surface area contributed by atoms with Crippen LogP contribution < -0.4 is 10.2 Å². The van der Waals surface area contributed by atoms with Gasteiger partial charge in [0, 0.05) is 21.5 Å². The van der Waals surface area contributed by atoms with Crippen LogP contribution in [0.4, 0.5) is 0 Å². The van der Waals surface area contributed by atoms with Crippen LogP contribution >= 0.6 is 23.2 Å². The molecule has 1 aromatic heterocycles. The van der Waals surface area contributed by atoms with Gasteiger partial charge in [0.05, 0.1) is 10.7 Å². The van der Waals surface area contributed by atoms with Crippen molar-refractivity contribution >= 4 is 45.7 Å². The Hall–Kier alpha value is -3.28. The summed E-state index contributed by atoms with van der Waals surface area (Å²) in [5, 5.41) is 6.01. The Morgan fingerprint density at radius 2 is 1.77 bits per heavy atom. The molecular formula is C23H17Cl2N3O2. The lowest BCUT2D eigenvalue weighted by Gasteiger charge is -2.05. The number of nitrogens with zero attached hydrogens (tertiary/aromatic N) is 1. The molecule has 0 saturated heterocycles. The van der Waals surface area contributed by atoms with Crippen LogP contribution in [-0.2, 0) is 0 Å². The number of H-pyrrole nitrogens is 1. The number of carbonyl (C=O) groups excluding carboxylic acids is 1. The van der Waals surface area contributed by atoms with Crippen LogP contribution in [0.15, 0.2) is 77.9 Å². The van der Waals surface area contributed by atoms with Crippen LogP contribution in [-0.4, -0.2) is 16.6 Å². The van der Waals surface area contributed by atoms with Gasteiger partial charge in [0.2, 0.25) is 0 Å². The minimum absolute atomic E-state index is 0.360. The van der Waals surface area contributed by atoms with Gasteiger partial charge in [-0.25, -0.2) is 5.43 Å². The van der Waals surface area contributed by atoms with E-state index in [2.05, 4.69) is 15.5 Å². The summed E-state index contributed by atoms with van der Waals surface area (Å²) in [5.41, 5.74) is 5.02. The van der Waals surface area contributed by atoms with Gasteiger partial charge in [0.25, 0.3) is 5.91 Å². The number of benzene rings is 3. The predicted octanol–water partition coefficient (Wildman–Crippen LogP) is 6.42. The topological polar surface area (TPSA) is 66.5 Å². The van der Waals surface area contributed by atoms with Gasteiger partial charge >= 0.3 is 0 Å². The number of halogens is 2. The summed E-state index contributed by atoms with van der Waals surface area (Å²) in [6.45, 7) is 1.76. The monoisotopic (exact) mass is 437 g/mol. The van der Waals surface area contributed by atoms with Gasteiger partial charge in [-0.05, 0) is 55.5 Å². The standard InChI is InChI=1S/C23H17Cl2N3O2/c1-14(19-9-7-16(24)13-20(19)25)27-28-23(29)22-12-15-11-18(8-10-21(15)26-22)30-17-5-3-2-4-6-17/h2-13,26H,1H3,(H,28,29)/b27-14-. The zero-order valence-electron chi connectivity index (χ0n) is 15.9. The quantitative estimate of drug-likeness (QED) is 0.279. The van der Waals surface area contributed by atoms with Crippen LogP contribution in [0.1, 0.15) is 23.0 Å². The Morgan fingerprint density at radius 1 is 0.967 bits per heavy atom. The summed E-state index contributed by atoms with van der Waals surface area (Å²) in [4.78, 5) is 15.6. The molecular weight excluding hydrogens is 421 g/mol. The molecule has 1 amide bonds. The summed E-state index contributed by atoms with van der Waals surface area (Å²) in [7, 11) is 0. The van der Waals surface area contributed by atoms with E-state index in [0.29, 0.717) is 32.8 Å². The Kier molecular flexibility index (Phi) is 5.74. The van der Waals surface area contributed by atoms with E-state index in [-0.39, 0.29) is 5.91 Å². The van der Waals surface area contributed by atoms with E-state index in [1.807, 2.05) is 48.5 Å². The van der Waals surface area contributed by atoms with E-state index in [0.717, 1.165) is 16.7 Å². The molecule has 0 radical (unpaired) electrons. The summed E-state index contributed by atoms with van der Waals surface area (Å²) < 4.78 is 5.85. The highest BCUT2D eigenvalue weighted by Crippen LogP contribution is 2.26. The van der Waals surface area contributed by atoms with Gasteiger partial charge in [-0.15, -0.1) is 0 Å². The molecule has 0 aliphatic rings. The third kappa shape index (κ3) is 4.48. The van der Waals surface area contributed by atoms with Crippen molar-refractivity contribution < 1.29 is 9.53 Å². The molecule has 4 rings (SSSR count). The number of ether oxygens (including phenoxy) is 1. The molecule has 5 nitrogen and oxygen atoms in total. The van der Waals surface area contributed by atoms with E-state index in [1.165, 1.54) is 0 Å². The summed E-state index contributed by atoms with van der Waals surface area (Å²) >= 11 is 12.1. The van der Waals surface area contributed by atoms with Crippen LogP contribution in [0.5, 0.6) is 11.5 Å². The number of hydrogen-bond donors (Lipinski definition) is 2. The second kappa shape index (κ2) is 8.61. The van der Waals surface area contributed by atoms with Gasteiger partial charge in [0.15, 0.2) is 0 Å². The fourth-order valence-corrected chi connectivity index (χ4v) is 3.50. The smallest absolute Gasteiger partial charge is 0.287 e. The number of fused-ring (bicyclic) bond motifs is 1. The maximum Gasteiger partial charge on any atom is 0.287 e.